The molecule has 0 amide bonds. The average molecular weight is 515 g/mol. The minimum absolute atomic E-state index is 0.608. The van der Waals surface area contributed by atoms with Gasteiger partial charge in [-0.2, -0.15) is 0 Å². The van der Waals surface area contributed by atoms with Gasteiger partial charge in [-0.15, -0.1) is 0 Å². The topological polar surface area (TPSA) is 64.2 Å². The zero-order chi connectivity index (χ0) is 26.5. The lowest BCUT2D eigenvalue weighted by molar-refractivity contribution is 0.668. The minimum Gasteiger partial charge on any atom is -0.455 e. The van der Waals surface area contributed by atoms with Crippen LogP contribution in [0.15, 0.2) is 131 Å². The summed E-state index contributed by atoms with van der Waals surface area (Å²) in [6.45, 7) is 0. The fraction of sp³-hybridized carbons (Fsp3) is 0.0286. The lowest BCUT2D eigenvalue weighted by atomic mass is 10.00. The van der Waals surface area contributed by atoms with Crippen molar-refractivity contribution in [2.75, 3.05) is 0 Å². The average Bonchev–Trinajstić information content (AvgIpc) is 3.63. The number of aliphatic imine (C=N–C) groups is 1. The van der Waals surface area contributed by atoms with Crippen molar-refractivity contribution in [3.8, 4) is 34.2 Å². The van der Waals surface area contributed by atoms with Crippen molar-refractivity contribution in [3.05, 3.63) is 132 Å². The summed E-state index contributed by atoms with van der Waals surface area (Å²) < 4.78 is 6.53. The minimum atomic E-state index is 0.608. The van der Waals surface area contributed by atoms with E-state index in [1.807, 2.05) is 78.9 Å². The molecule has 7 aromatic rings. The van der Waals surface area contributed by atoms with Crippen LogP contribution in [-0.2, 0) is 6.42 Å². The van der Waals surface area contributed by atoms with E-state index in [9.17, 15) is 0 Å². The largest absolute Gasteiger partial charge is 0.455 e. The Labute approximate surface area is 230 Å². The smallest absolute Gasteiger partial charge is 0.164 e. The lowest BCUT2D eigenvalue weighted by Gasteiger charge is -2.09. The molecule has 0 bridgehead atoms. The van der Waals surface area contributed by atoms with E-state index in [4.69, 9.17) is 24.4 Å². The van der Waals surface area contributed by atoms with Gasteiger partial charge >= 0.3 is 0 Å². The van der Waals surface area contributed by atoms with E-state index in [-0.39, 0.29) is 0 Å². The van der Waals surface area contributed by atoms with E-state index < -0.39 is 0 Å². The molecule has 0 saturated heterocycles. The van der Waals surface area contributed by atoms with Crippen LogP contribution in [0.3, 0.4) is 0 Å². The van der Waals surface area contributed by atoms with Gasteiger partial charge in [0, 0.05) is 39.4 Å². The van der Waals surface area contributed by atoms with Crippen LogP contribution in [-0.4, -0.2) is 20.7 Å². The Morgan fingerprint density at radius 1 is 0.525 bits per heavy atom. The summed E-state index contributed by atoms with van der Waals surface area (Å²) in [5, 5.41) is 2.00. The van der Waals surface area contributed by atoms with Crippen molar-refractivity contribution in [2.24, 2.45) is 4.99 Å². The quantitative estimate of drug-likeness (QED) is 0.236. The molecule has 5 aromatic carbocycles. The maximum atomic E-state index is 6.53. The molecule has 1 aliphatic heterocycles. The standard InChI is InChI=1S/C35H22N4O/c1-3-11-22(12-4-1)33-37-34(23-13-5-2-6-14-23)39-35(38-33)27-18-10-20-30-31(27)26-17-9-16-25(32(26)40-30)29-21-24-15-7-8-19-28(24)36-29/h1-20H,21H2. The fourth-order valence-corrected chi connectivity index (χ4v) is 5.48. The van der Waals surface area contributed by atoms with Crippen molar-refractivity contribution >= 4 is 33.3 Å². The van der Waals surface area contributed by atoms with Crippen LogP contribution < -0.4 is 0 Å². The van der Waals surface area contributed by atoms with E-state index in [2.05, 4.69) is 42.5 Å². The van der Waals surface area contributed by atoms with E-state index >= 15 is 0 Å². The Morgan fingerprint density at radius 2 is 1.15 bits per heavy atom. The Hall–Kier alpha value is -5.42. The molecular formula is C35H22N4O. The molecule has 0 atom stereocenters. The van der Waals surface area contributed by atoms with Gasteiger partial charge in [-0.1, -0.05) is 103 Å². The number of para-hydroxylation sites is 2. The Balaban J connectivity index is 1.35. The van der Waals surface area contributed by atoms with Crippen LogP contribution in [0.5, 0.6) is 0 Å². The summed E-state index contributed by atoms with van der Waals surface area (Å²) in [7, 11) is 0. The first-order valence-corrected chi connectivity index (χ1v) is 13.3. The van der Waals surface area contributed by atoms with Crippen LogP contribution in [0.25, 0.3) is 56.1 Å². The van der Waals surface area contributed by atoms with Gasteiger partial charge in [-0.25, -0.2) is 15.0 Å². The van der Waals surface area contributed by atoms with Crippen LogP contribution in [0, 0.1) is 0 Å². The maximum Gasteiger partial charge on any atom is 0.164 e. The molecule has 0 fully saturated rings. The Bertz CT molecular complexity index is 2020. The molecule has 0 aliphatic carbocycles. The maximum absolute atomic E-state index is 6.53. The number of aromatic nitrogens is 3. The molecule has 3 heterocycles. The lowest BCUT2D eigenvalue weighted by Crippen LogP contribution is -2.01. The molecule has 0 saturated carbocycles. The third-order valence-corrected chi connectivity index (χ3v) is 7.38. The number of hydrogen-bond acceptors (Lipinski definition) is 5. The molecule has 0 N–H and O–H groups in total. The van der Waals surface area contributed by atoms with E-state index in [1.165, 1.54) is 5.56 Å². The van der Waals surface area contributed by atoms with Gasteiger partial charge in [-0.05, 0) is 23.8 Å². The highest BCUT2D eigenvalue weighted by atomic mass is 16.3. The van der Waals surface area contributed by atoms with Crippen molar-refractivity contribution < 1.29 is 4.42 Å². The summed E-state index contributed by atoms with van der Waals surface area (Å²) in [6.07, 6.45) is 0.785. The zero-order valence-corrected chi connectivity index (χ0v) is 21.5. The van der Waals surface area contributed by atoms with Crippen LogP contribution in [0.1, 0.15) is 11.1 Å². The molecule has 188 valence electrons. The number of hydrogen-bond donors (Lipinski definition) is 0. The second-order valence-corrected chi connectivity index (χ2v) is 9.87. The first-order chi connectivity index (χ1) is 19.8. The summed E-state index contributed by atoms with van der Waals surface area (Å²) in [5.41, 5.74) is 8.70. The van der Waals surface area contributed by atoms with Gasteiger partial charge < -0.3 is 4.42 Å². The van der Waals surface area contributed by atoms with Gasteiger partial charge in [0.1, 0.15) is 11.2 Å². The number of rotatable bonds is 4. The molecule has 1 aliphatic rings. The molecule has 2 aromatic heterocycles. The molecule has 0 radical (unpaired) electrons. The van der Waals surface area contributed by atoms with Gasteiger partial charge in [-0.3, -0.25) is 4.99 Å². The predicted octanol–water partition coefficient (Wildman–Crippen LogP) is 8.45. The molecular weight excluding hydrogens is 492 g/mol. The fourth-order valence-electron chi connectivity index (χ4n) is 5.48. The molecule has 5 heteroatoms. The van der Waals surface area contributed by atoms with Crippen LogP contribution in [0.4, 0.5) is 5.69 Å². The van der Waals surface area contributed by atoms with Crippen molar-refractivity contribution in [1.82, 2.24) is 15.0 Å². The Morgan fingerprint density at radius 3 is 1.88 bits per heavy atom. The Kier molecular flexibility index (Phi) is 5.13. The highest BCUT2D eigenvalue weighted by Gasteiger charge is 2.22. The third kappa shape index (κ3) is 3.71. The summed E-state index contributed by atoms with van der Waals surface area (Å²) >= 11 is 0. The molecule has 40 heavy (non-hydrogen) atoms. The van der Waals surface area contributed by atoms with Gasteiger partial charge in [0.15, 0.2) is 17.5 Å². The van der Waals surface area contributed by atoms with Crippen LogP contribution >= 0.6 is 0 Å². The van der Waals surface area contributed by atoms with Crippen molar-refractivity contribution in [3.63, 3.8) is 0 Å². The second kappa shape index (κ2) is 9.10. The molecule has 0 spiro atoms. The number of benzene rings is 5. The zero-order valence-electron chi connectivity index (χ0n) is 21.5. The summed E-state index contributed by atoms with van der Waals surface area (Å²) in [4.78, 5) is 19.7. The van der Waals surface area contributed by atoms with E-state index in [1.54, 1.807) is 0 Å². The first kappa shape index (κ1) is 22.6. The number of furan rings is 1. The van der Waals surface area contributed by atoms with Crippen molar-refractivity contribution in [1.29, 1.82) is 0 Å². The van der Waals surface area contributed by atoms with Gasteiger partial charge in [0.2, 0.25) is 0 Å². The predicted molar refractivity (Wildman–Crippen MR) is 160 cm³/mol. The number of nitrogens with zero attached hydrogens (tertiary/aromatic N) is 4. The normalized spacial score (nSPS) is 12.6. The van der Waals surface area contributed by atoms with Crippen molar-refractivity contribution in [2.45, 2.75) is 6.42 Å². The van der Waals surface area contributed by atoms with Gasteiger partial charge in [0.25, 0.3) is 0 Å². The van der Waals surface area contributed by atoms with E-state index in [0.717, 1.165) is 62.0 Å². The summed E-state index contributed by atoms with van der Waals surface area (Å²) in [6, 6.07) is 40.7. The van der Waals surface area contributed by atoms with E-state index in [0.29, 0.717) is 17.5 Å². The monoisotopic (exact) mass is 514 g/mol. The van der Waals surface area contributed by atoms with Gasteiger partial charge in [0.05, 0.1) is 11.4 Å². The van der Waals surface area contributed by atoms with Crippen LogP contribution in [0.2, 0.25) is 0 Å². The molecule has 0 unspecified atom stereocenters. The highest BCUT2D eigenvalue weighted by Crippen LogP contribution is 2.39. The highest BCUT2D eigenvalue weighted by molar-refractivity contribution is 6.19. The third-order valence-electron chi connectivity index (χ3n) is 7.38. The first-order valence-electron chi connectivity index (χ1n) is 13.3. The summed E-state index contributed by atoms with van der Waals surface area (Å²) in [5.74, 6) is 1.87. The second-order valence-electron chi connectivity index (χ2n) is 9.87. The molecule has 5 nitrogen and oxygen atoms in total. The SMILES string of the molecule is c1ccc(-c2nc(-c3ccccc3)nc(-c3cccc4oc5c(C6=Nc7ccccc7C6)cccc5c34)n2)cc1. The molecule has 8 rings (SSSR count). The number of fused-ring (bicyclic) bond motifs is 4.